The molecule has 1 fully saturated rings. The van der Waals surface area contributed by atoms with Crippen LogP contribution < -0.4 is 26.6 Å². The van der Waals surface area contributed by atoms with Crippen molar-refractivity contribution in [3.63, 3.8) is 0 Å². The lowest BCUT2D eigenvalue weighted by molar-refractivity contribution is -0.157. The number of nitrogens with one attached hydrogen (secondary N) is 5. The predicted octanol–water partition coefficient (Wildman–Crippen LogP) is 3.15. The van der Waals surface area contributed by atoms with Crippen molar-refractivity contribution in [1.82, 2.24) is 60.9 Å². The molecule has 6 N–H and O–H groups in total. The van der Waals surface area contributed by atoms with Gasteiger partial charge >= 0.3 is 6.09 Å². The fraction of sp³-hybridized carbons (Fsp3) is 0.791. The van der Waals surface area contributed by atoms with E-state index in [0.717, 1.165) is 14.7 Å². The Kier molecular flexibility index (Phi) is 36.7. The molecule has 0 aromatic carbocycles. The second kappa shape index (κ2) is 40.5. The maximum Gasteiger partial charge on any atom is 0.407 e. The number of ether oxygens (including phenoxy) is 2. The molecule has 0 radical (unpaired) electrons. The molecule has 0 unspecified atom stereocenters. The van der Waals surface area contributed by atoms with Crippen LogP contribution in [0.25, 0.3) is 0 Å². The van der Waals surface area contributed by atoms with E-state index in [2.05, 4.69) is 26.6 Å². The standard InChI is InChI=1S/C67H120N12O15/c1-25-28-31-43(14)56(81)55-60(85)71-47(26-2)62(87)73(18)37-51(80)77(22)54(46(17)93-32-29-30-33-94-67(92)68-27-3)59(84)72-52(41(10)11)65(90)74(19)48(34-38(4)5)58(83)69-44(15)57(82)70-45(16)61(86)75(20)49(35-39(6)7)63(88)76(21)50(36-40(8)9)64(89)78(23)53(42(12)13)66(91)79(55)24/h25,28,38-50,52-56,81H,26-27,29-37H2,1-24H3,(H,68,92)(H,69,83)(H,70,82)(H,71,85)(H,72,84)/b28-25+/t43-,44+,45-,46-,47+,48+,49+,50+,52+,53+,54+,55+,56-/m1/s1. The summed E-state index contributed by atoms with van der Waals surface area (Å²) >= 11 is 0. The van der Waals surface area contributed by atoms with Gasteiger partial charge in [0, 0.05) is 62.5 Å². The van der Waals surface area contributed by atoms with Crippen molar-refractivity contribution in [1.29, 1.82) is 0 Å². The molecule has 1 aliphatic rings. The topological polar surface area (TPSA) is 326 Å². The Morgan fingerprint density at radius 3 is 1.52 bits per heavy atom. The minimum Gasteiger partial charge on any atom is -0.450 e. The van der Waals surface area contributed by atoms with Crippen LogP contribution in [0.2, 0.25) is 0 Å². The van der Waals surface area contributed by atoms with Crippen molar-refractivity contribution in [2.75, 3.05) is 75.6 Å². The zero-order valence-electron chi connectivity index (χ0n) is 61.1. The number of alkyl carbamates (subject to hydrolysis) is 1. The minimum atomic E-state index is -1.65. The van der Waals surface area contributed by atoms with Gasteiger partial charge in [0.05, 0.1) is 25.4 Å². The molecule has 94 heavy (non-hydrogen) atoms. The lowest BCUT2D eigenvalue weighted by atomic mass is 9.91. The molecule has 12 amide bonds. The average molecular weight is 1330 g/mol. The number of nitrogens with zero attached hydrogens (tertiary/aromatic N) is 7. The van der Waals surface area contributed by atoms with Gasteiger partial charge in [-0.05, 0) is 115 Å². The molecule has 1 saturated heterocycles. The highest BCUT2D eigenvalue weighted by atomic mass is 16.5. The van der Waals surface area contributed by atoms with E-state index in [1.54, 1.807) is 74.5 Å². The molecular weight excluding hydrogens is 1210 g/mol. The number of carbonyl (C=O) groups excluding carboxylic acids is 12. The van der Waals surface area contributed by atoms with Crippen molar-refractivity contribution < 1.29 is 72.1 Å². The van der Waals surface area contributed by atoms with Crippen LogP contribution in [-0.4, -0.2) is 259 Å². The SMILES string of the molecule is C/C=C/C[C@@H](C)[C@@H](O)[C@H]1C(=O)N[C@@H](CC)C(=O)N(C)CC(=O)N(C)[C@@H]([C@@H](C)OCCCCOC(=O)NCC)C(=O)N[C@@H](C(C)C)C(=O)N(C)[C@@H](CC(C)C)C(=O)N[C@@H](C)C(=O)N[C@H](C)C(=O)N(C)[C@@H](CC(C)C)C(=O)N(C)[C@@H](CC(C)C)C(=O)N(C)[C@@H](C(C)C)C(=O)N1C. The molecule has 0 bridgehead atoms. The molecule has 0 aromatic rings. The number of rotatable bonds is 21. The molecule has 27 nitrogen and oxygen atoms in total. The largest absolute Gasteiger partial charge is 0.450 e. The van der Waals surface area contributed by atoms with Crippen molar-refractivity contribution in [2.24, 2.45) is 35.5 Å². The maximum atomic E-state index is 15.2. The lowest BCUT2D eigenvalue weighted by Crippen LogP contribution is -2.63. The Balaban J connectivity index is 4.36. The summed E-state index contributed by atoms with van der Waals surface area (Å²) in [7, 11) is 9.70. The van der Waals surface area contributed by atoms with Crippen LogP contribution >= 0.6 is 0 Å². The summed E-state index contributed by atoms with van der Waals surface area (Å²) in [5, 5.41) is 25.6. The second-order valence-electron chi connectivity index (χ2n) is 27.3. The molecule has 1 rings (SSSR count). The van der Waals surface area contributed by atoms with E-state index < -0.39 is 168 Å². The van der Waals surface area contributed by atoms with Gasteiger partial charge in [0.1, 0.15) is 60.4 Å². The number of hydrogen-bond donors (Lipinski definition) is 6. The van der Waals surface area contributed by atoms with E-state index in [9.17, 15) is 48.3 Å². The third-order valence-electron chi connectivity index (χ3n) is 17.2. The van der Waals surface area contributed by atoms with E-state index in [1.165, 1.54) is 82.8 Å². The normalized spacial score (nSPS) is 25.6. The Labute approximate surface area is 560 Å². The number of aliphatic hydroxyl groups is 1. The summed E-state index contributed by atoms with van der Waals surface area (Å²) in [6.45, 7) is 29.0. The maximum absolute atomic E-state index is 15.2. The average Bonchev–Trinajstić information content (AvgIpc) is 0.810. The van der Waals surface area contributed by atoms with Gasteiger partial charge in [-0.25, -0.2) is 4.79 Å². The summed E-state index contributed by atoms with van der Waals surface area (Å²) in [5.74, 6) is -10.4. The lowest BCUT2D eigenvalue weighted by Gasteiger charge is -2.41. The molecule has 0 aliphatic carbocycles. The van der Waals surface area contributed by atoms with Crippen LogP contribution in [0.3, 0.4) is 0 Å². The van der Waals surface area contributed by atoms with Crippen LogP contribution in [0.5, 0.6) is 0 Å². The van der Waals surface area contributed by atoms with Gasteiger partial charge in [-0.3, -0.25) is 52.7 Å². The van der Waals surface area contributed by atoms with Gasteiger partial charge in [-0.2, -0.15) is 0 Å². The Morgan fingerprint density at radius 2 is 1.02 bits per heavy atom. The quantitative estimate of drug-likeness (QED) is 0.0710. The first-order valence-electron chi connectivity index (χ1n) is 33.5. The molecule has 1 aliphatic heterocycles. The van der Waals surface area contributed by atoms with Crippen LogP contribution in [0.4, 0.5) is 4.79 Å². The number of allylic oxidation sites excluding steroid dienone is 2. The number of likely N-dealkylation sites (N-methyl/N-ethyl adjacent to an activating group) is 7. The summed E-state index contributed by atoms with van der Waals surface area (Å²) in [6.07, 6.45) is 1.76. The highest BCUT2D eigenvalue weighted by molar-refractivity contribution is 5.99. The summed E-state index contributed by atoms with van der Waals surface area (Å²) in [5.41, 5.74) is 0. The van der Waals surface area contributed by atoms with Gasteiger partial charge in [-0.15, -0.1) is 0 Å². The molecule has 1 heterocycles. The molecule has 0 saturated carbocycles. The number of unbranched alkanes of at least 4 members (excludes halogenated alkanes) is 1. The van der Waals surface area contributed by atoms with Gasteiger partial charge in [0.15, 0.2) is 0 Å². The third kappa shape index (κ3) is 25.0. The van der Waals surface area contributed by atoms with Crippen molar-refractivity contribution in [3.05, 3.63) is 12.2 Å². The first-order valence-corrected chi connectivity index (χ1v) is 33.5. The van der Waals surface area contributed by atoms with Gasteiger partial charge in [0.25, 0.3) is 0 Å². The third-order valence-corrected chi connectivity index (χ3v) is 17.2. The fourth-order valence-corrected chi connectivity index (χ4v) is 11.4. The Bertz CT molecular complexity index is 2570. The Hall–Kier alpha value is -6.90. The summed E-state index contributed by atoms with van der Waals surface area (Å²) < 4.78 is 11.3. The van der Waals surface area contributed by atoms with Crippen LogP contribution in [0.1, 0.15) is 163 Å². The highest BCUT2D eigenvalue weighted by Gasteiger charge is 2.46. The van der Waals surface area contributed by atoms with Gasteiger partial charge < -0.3 is 75.5 Å². The fourth-order valence-electron chi connectivity index (χ4n) is 11.4. The molecule has 0 aromatic heterocycles. The molecule has 13 atom stereocenters. The predicted molar refractivity (Wildman–Crippen MR) is 359 cm³/mol. The first-order chi connectivity index (χ1) is 43.7. The van der Waals surface area contributed by atoms with E-state index in [4.69, 9.17) is 9.47 Å². The monoisotopic (exact) mass is 1330 g/mol. The number of amides is 12. The zero-order chi connectivity index (χ0) is 72.5. The van der Waals surface area contributed by atoms with Crippen LogP contribution in [0.15, 0.2) is 12.2 Å². The van der Waals surface area contributed by atoms with Crippen LogP contribution in [0, 0.1) is 35.5 Å². The van der Waals surface area contributed by atoms with Crippen molar-refractivity contribution in [3.8, 4) is 0 Å². The van der Waals surface area contributed by atoms with E-state index in [1.807, 2.05) is 41.5 Å². The second-order valence-corrected chi connectivity index (χ2v) is 27.3. The zero-order valence-corrected chi connectivity index (χ0v) is 61.1. The summed E-state index contributed by atoms with van der Waals surface area (Å²) in [4.78, 5) is 182. The van der Waals surface area contributed by atoms with Crippen molar-refractivity contribution >= 4 is 71.1 Å². The summed E-state index contributed by atoms with van der Waals surface area (Å²) in [6, 6.07) is -13.1. The molecule has 0 spiro atoms. The molecular formula is C67H120N12O15. The highest BCUT2D eigenvalue weighted by Crippen LogP contribution is 2.26. The smallest absolute Gasteiger partial charge is 0.407 e. The van der Waals surface area contributed by atoms with Gasteiger partial charge in [-0.1, -0.05) is 95.2 Å². The van der Waals surface area contributed by atoms with E-state index in [0.29, 0.717) is 19.4 Å². The van der Waals surface area contributed by atoms with Crippen molar-refractivity contribution in [2.45, 2.75) is 235 Å². The van der Waals surface area contributed by atoms with E-state index >= 15 is 14.4 Å². The number of aliphatic hydroxyl groups excluding tert-OH is 1. The van der Waals surface area contributed by atoms with E-state index in [-0.39, 0.29) is 63.1 Å². The number of hydrogen-bond acceptors (Lipinski definition) is 15. The Morgan fingerprint density at radius 1 is 0.543 bits per heavy atom. The first kappa shape index (κ1) is 85.1. The number of carbonyl (C=O) groups is 12. The molecule has 538 valence electrons. The van der Waals surface area contributed by atoms with Crippen LogP contribution in [-0.2, 0) is 62.2 Å². The minimum absolute atomic E-state index is 0.0269. The molecule has 27 heteroatoms. The van der Waals surface area contributed by atoms with Gasteiger partial charge in [0.2, 0.25) is 65.0 Å².